The lowest BCUT2D eigenvalue weighted by molar-refractivity contribution is -0.120. The zero-order chi connectivity index (χ0) is 19.7. The maximum atomic E-state index is 12.9. The second-order valence-corrected chi connectivity index (χ2v) is 9.93. The van der Waals surface area contributed by atoms with Crippen LogP contribution in [0.15, 0.2) is 53.6 Å². The number of aromatic nitrogens is 1. The Morgan fingerprint density at radius 2 is 2.00 bits per heavy atom. The second kappa shape index (κ2) is 7.79. The van der Waals surface area contributed by atoms with Gasteiger partial charge in [0.1, 0.15) is 0 Å². The lowest BCUT2D eigenvalue weighted by Crippen LogP contribution is -2.43. The molecule has 1 aliphatic heterocycles. The van der Waals surface area contributed by atoms with Crippen LogP contribution >= 0.6 is 23.1 Å². The first-order chi connectivity index (χ1) is 13.4. The highest BCUT2D eigenvalue weighted by atomic mass is 35.5. The number of rotatable bonds is 4. The molecule has 4 rings (SSSR count). The number of benzene rings is 2. The fourth-order valence-corrected chi connectivity index (χ4v) is 5.60. The molecule has 1 unspecified atom stereocenters. The third kappa shape index (κ3) is 3.91. The van der Waals surface area contributed by atoms with Gasteiger partial charge in [-0.2, -0.15) is 8.68 Å². The lowest BCUT2D eigenvalue weighted by Gasteiger charge is -2.31. The SMILES string of the molecule is O=C(Nc1ccc2sncc2c1)C1CCCN(S(=O)(=O)c2ccc(Cl)cc2)C1. The van der Waals surface area contributed by atoms with Crippen molar-refractivity contribution in [3.05, 3.63) is 53.7 Å². The van der Waals surface area contributed by atoms with Gasteiger partial charge in [0, 0.05) is 35.4 Å². The monoisotopic (exact) mass is 435 g/mol. The van der Waals surface area contributed by atoms with Crippen molar-refractivity contribution >= 4 is 54.8 Å². The van der Waals surface area contributed by atoms with Gasteiger partial charge in [0.25, 0.3) is 0 Å². The molecule has 1 atom stereocenters. The van der Waals surface area contributed by atoms with Gasteiger partial charge in [-0.25, -0.2) is 8.42 Å². The smallest absolute Gasteiger partial charge is 0.243 e. The van der Waals surface area contributed by atoms with Gasteiger partial charge in [-0.05, 0) is 66.8 Å². The van der Waals surface area contributed by atoms with E-state index in [1.165, 1.54) is 28.0 Å². The van der Waals surface area contributed by atoms with Crippen molar-refractivity contribution in [3.63, 3.8) is 0 Å². The van der Waals surface area contributed by atoms with Crippen molar-refractivity contribution < 1.29 is 13.2 Å². The van der Waals surface area contributed by atoms with E-state index in [9.17, 15) is 13.2 Å². The van der Waals surface area contributed by atoms with E-state index in [2.05, 4.69) is 9.69 Å². The fourth-order valence-electron chi connectivity index (χ4n) is 3.32. The van der Waals surface area contributed by atoms with Crippen molar-refractivity contribution in [2.45, 2.75) is 17.7 Å². The molecule has 1 saturated heterocycles. The van der Waals surface area contributed by atoms with E-state index >= 15 is 0 Å². The number of carbonyl (C=O) groups is 1. The summed E-state index contributed by atoms with van der Waals surface area (Å²) in [5, 5.41) is 4.36. The van der Waals surface area contributed by atoms with Crippen LogP contribution in [0.25, 0.3) is 10.1 Å². The second-order valence-electron chi connectivity index (χ2n) is 6.72. The van der Waals surface area contributed by atoms with E-state index in [1.54, 1.807) is 18.3 Å². The molecule has 9 heteroatoms. The minimum atomic E-state index is -3.65. The highest BCUT2D eigenvalue weighted by Crippen LogP contribution is 2.27. The molecule has 0 aliphatic carbocycles. The third-order valence-electron chi connectivity index (χ3n) is 4.83. The Morgan fingerprint density at radius 3 is 2.79 bits per heavy atom. The lowest BCUT2D eigenvalue weighted by atomic mass is 9.98. The number of amides is 1. The molecular weight excluding hydrogens is 418 g/mol. The topological polar surface area (TPSA) is 79.4 Å². The maximum Gasteiger partial charge on any atom is 0.243 e. The van der Waals surface area contributed by atoms with Gasteiger partial charge in [0.15, 0.2) is 0 Å². The van der Waals surface area contributed by atoms with Crippen LogP contribution < -0.4 is 5.32 Å². The number of piperidine rings is 1. The Morgan fingerprint density at radius 1 is 1.21 bits per heavy atom. The molecule has 0 spiro atoms. The standard InChI is InChI=1S/C19H18ClN3O3S2/c20-15-3-6-17(7-4-15)28(25,26)23-9-1-2-13(12-23)19(24)22-16-5-8-18-14(10-16)11-21-27-18/h3-8,10-11,13H,1-2,9,12H2,(H,22,24). The van der Waals surface area contributed by atoms with Crippen molar-refractivity contribution in [1.29, 1.82) is 0 Å². The van der Waals surface area contributed by atoms with Crippen LogP contribution in [-0.2, 0) is 14.8 Å². The number of carbonyl (C=O) groups excluding carboxylic acids is 1. The average Bonchev–Trinajstić information content (AvgIpc) is 3.16. The van der Waals surface area contributed by atoms with Crippen LogP contribution in [0.5, 0.6) is 0 Å². The van der Waals surface area contributed by atoms with E-state index in [1.807, 2.05) is 18.2 Å². The largest absolute Gasteiger partial charge is 0.326 e. The molecule has 1 amide bonds. The Hall–Kier alpha value is -2.00. The first-order valence-corrected chi connectivity index (χ1v) is 11.4. The Bertz CT molecular complexity index is 1110. The summed E-state index contributed by atoms with van der Waals surface area (Å²) in [5.74, 6) is -0.564. The van der Waals surface area contributed by atoms with Gasteiger partial charge in [-0.3, -0.25) is 4.79 Å². The van der Waals surface area contributed by atoms with E-state index in [-0.39, 0.29) is 17.3 Å². The Balaban J connectivity index is 1.48. The minimum absolute atomic E-state index is 0.166. The van der Waals surface area contributed by atoms with Crippen LogP contribution in [0.2, 0.25) is 5.02 Å². The average molecular weight is 436 g/mol. The molecule has 2 heterocycles. The number of hydrogen-bond acceptors (Lipinski definition) is 5. The van der Waals surface area contributed by atoms with Crippen molar-refractivity contribution in [2.75, 3.05) is 18.4 Å². The predicted octanol–water partition coefficient (Wildman–Crippen LogP) is 3.99. The predicted molar refractivity (Wildman–Crippen MR) is 111 cm³/mol. The van der Waals surface area contributed by atoms with Crippen molar-refractivity contribution in [2.24, 2.45) is 5.92 Å². The molecule has 28 heavy (non-hydrogen) atoms. The number of hydrogen-bond donors (Lipinski definition) is 1. The summed E-state index contributed by atoms with van der Waals surface area (Å²) < 4.78 is 32.3. The molecule has 3 aromatic rings. The summed E-state index contributed by atoms with van der Waals surface area (Å²) in [7, 11) is -3.65. The number of anilines is 1. The van der Waals surface area contributed by atoms with Gasteiger partial charge in [0.2, 0.25) is 15.9 Å². The quantitative estimate of drug-likeness (QED) is 0.672. The molecule has 146 valence electrons. The molecule has 0 saturated carbocycles. The molecule has 0 bridgehead atoms. The molecule has 1 aromatic heterocycles. The first-order valence-electron chi connectivity index (χ1n) is 8.84. The summed E-state index contributed by atoms with van der Waals surface area (Å²) in [5.41, 5.74) is 0.690. The van der Waals surface area contributed by atoms with Gasteiger partial charge < -0.3 is 5.32 Å². The van der Waals surface area contributed by atoms with Crippen LogP contribution in [0.4, 0.5) is 5.69 Å². The summed E-state index contributed by atoms with van der Waals surface area (Å²) in [6, 6.07) is 11.7. The third-order valence-corrected chi connectivity index (χ3v) is 7.74. The number of halogens is 1. The normalized spacial score (nSPS) is 18.2. The van der Waals surface area contributed by atoms with Gasteiger partial charge in [0.05, 0.1) is 15.5 Å². The van der Waals surface area contributed by atoms with Crippen LogP contribution in [0.3, 0.4) is 0 Å². The Labute approximate surface area is 172 Å². The van der Waals surface area contributed by atoms with Crippen LogP contribution in [0, 0.1) is 5.92 Å². The number of sulfonamides is 1. The first kappa shape index (κ1) is 19.3. The van der Waals surface area contributed by atoms with Gasteiger partial charge >= 0.3 is 0 Å². The highest BCUT2D eigenvalue weighted by Gasteiger charge is 2.33. The van der Waals surface area contributed by atoms with Crippen LogP contribution in [0.1, 0.15) is 12.8 Å². The van der Waals surface area contributed by atoms with E-state index < -0.39 is 15.9 Å². The molecule has 1 fully saturated rings. The molecular formula is C19H18ClN3O3S2. The molecule has 6 nitrogen and oxygen atoms in total. The van der Waals surface area contributed by atoms with Crippen molar-refractivity contribution in [1.82, 2.24) is 8.68 Å². The molecule has 0 radical (unpaired) electrons. The van der Waals surface area contributed by atoms with E-state index in [4.69, 9.17) is 11.6 Å². The summed E-state index contributed by atoms with van der Waals surface area (Å²) in [6.45, 7) is 0.570. The van der Waals surface area contributed by atoms with Crippen LogP contribution in [-0.4, -0.2) is 36.1 Å². The molecule has 1 N–H and O–H groups in total. The fraction of sp³-hybridized carbons (Fsp3) is 0.263. The summed E-state index contributed by atoms with van der Waals surface area (Å²) in [6.07, 6.45) is 3.05. The maximum absolute atomic E-state index is 12.9. The number of nitrogens with one attached hydrogen (secondary N) is 1. The number of nitrogens with zero attached hydrogens (tertiary/aromatic N) is 2. The zero-order valence-electron chi connectivity index (χ0n) is 14.8. The van der Waals surface area contributed by atoms with Crippen molar-refractivity contribution in [3.8, 4) is 0 Å². The number of fused-ring (bicyclic) bond motifs is 1. The van der Waals surface area contributed by atoms with Gasteiger partial charge in [-0.1, -0.05) is 11.6 Å². The van der Waals surface area contributed by atoms with E-state index in [0.717, 1.165) is 10.1 Å². The minimum Gasteiger partial charge on any atom is -0.326 e. The molecule has 1 aliphatic rings. The Kier molecular flexibility index (Phi) is 5.37. The molecule has 2 aromatic carbocycles. The summed E-state index contributed by atoms with van der Waals surface area (Å²) in [4.78, 5) is 12.9. The summed E-state index contributed by atoms with van der Waals surface area (Å²) >= 11 is 7.25. The van der Waals surface area contributed by atoms with E-state index in [0.29, 0.717) is 30.1 Å². The highest BCUT2D eigenvalue weighted by molar-refractivity contribution is 7.89. The zero-order valence-corrected chi connectivity index (χ0v) is 17.2. The van der Waals surface area contributed by atoms with Gasteiger partial charge in [-0.15, -0.1) is 0 Å².